The standard InChI is InChI=1S/C14H12F2O3S/c1-2-9-7-10(3-6-14(9)20(17,18)19)12-5-4-11(15)8-13(12)16/h3-8H,2H2,1H3,(H,17,18,19). The predicted molar refractivity (Wildman–Crippen MR) is 71.0 cm³/mol. The second-order valence-corrected chi connectivity index (χ2v) is 5.67. The smallest absolute Gasteiger partial charge is 0.282 e. The minimum absolute atomic E-state index is 0.169. The van der Waals surface area contributed by atoms with Gasteiger partial charge in [0.2, 0.25) is 0 Å². The molecule has 3 nitrogen and oxygen atoms in total. The van der Waals surface area contributed by atoms with Crippen LogP contribution in [0.25, 0.3) is 11.1 Å². The van der Waals surface area contributed by atoms with Crippen LogP contribution in [0, 0.1) is 11.6 Å². The maximum Gasteiger partial charge on any atom is 0.294 e. The van der Waals surface area contributed by atoms with Crippen molar-refractivity contribution in [2.45, 2.75) is 18.2 Å². The summed E-state index contributed by atoms with van der Waals surface area (Å²) in [6.45, 7) is 1.72. The first kappa shape index (κ1) is 14.6. The van der Waals surface area contributed by atoms with Crippen molar-refractivity contribution in [2.24, 2.45) is 0 Å². The molecule has 0 unspecified atom stereocenters. The van der Waals surface area contributed by atoms with Crippen molar-refractivity contribution in [3.8, 4) is 11.1 Å². The molecular formula is C14H12F2O3S. The van der Waals surface area contributed by atoms with E-state index in [0.717, 1.165) is 12.1 Å². The Balaban J connectivity index is 2.60. The van der Waals surface area contributed by atoms with Gasteiger partial charge in [0.25, 0.3) is 10.1 Å². The highest BCUT2D eigenvalue weighted by Crippen LogP contribution is 2.27. The third kappa shape index (κ3) is 2.86. The molecule has 20 heavy (non-hydrogen) atoms. The van der Waals surface area contributed by atoms with Crippen LogP contribution in [0.4, 0.5) is 8.78 Å². The van der Waals surface area contributed by atoms with Crippen molar-refractivity contribution in [3.05, 3.63) is 53.6 Å². The molecule has 0 radical (unpaired) electrons. The summed E-state index contributed by atoms with van der Waals surface area (Å²) in [6.07, 6.45) is 0.353. The Hall–Kier alpha value is -1.79. The van der Waals surface area contributed by atoms with Crippen LogP contribution in [0.15, 0.2) is 41.3 Å². The lowest BCUT2D eigenvalue weighted by molar-refractivity contribution is 0.482. The molecule has 6 heteroatoms. The molecule has 0 saturated carbocycles. The van der Waals surface area contributed by atoms with Crippen LogP contribution in [-0.2, 0) is 16.5 Å². The Bertz CT molecular complexity index is 755. The summed E-state index contributed by atoms with van der Waals surface area (Å²) in [6, 6.07) is 7.23. The lowest BCUT2D eigenvalue weighted by Gasteiger charge is -2.09. The van der Waals surface area contributed by atoms with E-state index in [4.69, 9.17) is 4.55 Å². The zero-order valence-corrected chi connectivity index (χ0v) is 11.4. The van der Waals surface area contributed by atoms with Crippen molar-refractivity contribution in [2.75, 3.05) is 0 Å². The molecule has 2 rings (SSSR count). The molecular weight excluding hydrogens is 286 g/mol. The first-order chi connectivity index (χ1) is 9.32. The van der Waals surface area contributed by atoms with Gasteiger partial charge in [0.15, 0.2) is 0 Å². The zero-order chi connectivity index (χ0) is 14.9. The SMILES string of the molecule is CCc1cc(-c2ccc(F)cc2F)ccc1S(=O)(=O)O. The Morgan fingerprint density at radius 1 is 1.10 bits per heavy atom. The molecule has 0 saturated heterocycles. The first-order valence-electron chi connectivity index (χ1n) is 5.88. The van der Waals surface area contributed by atoms with Gasteiger partial charge in [-0.05, 0) is 41.8 Å². The minimum Gasteiger partial charge on any atom is -0.282 e. The number of aryl methyl sites for hydroxylation is 1. The number of halogens is 2. The van der Waals surface area contributed by atoms with Crippen LogP contribution in [0.1, 0.15) is 12.5 Å². The Labute approximate surface area is 115 Å². The molecule has 2 aromatic rings. The van der Waals surface area contributed by atoms with Crippen molar-refractivity contribution in [3.63, 3.8) is 0 Å². The lowest BCUT2D eigenvalue weighted by Crippen LogP contribution is -2.03. The van der Waals surface area contributed by atoms with Gasteiger partial charge in [-0.15, -0.1) is 0 Å². The molecule has 0 spiro atoms. The lowest BCUT2D eigenvalue weighted by atomic mass is 10.0. The van der Waals surface area contributed by atoms with Gasteiger partial charge in [0, 0.05) is 11.6 Å². The van der Waals surface area contributed by atoms with Crippen LogP contribution in [0.5, 0.6) is 0 Å². The Morgan fingerprint density at radius 2 is 1.80 bits per heavy atom. The van der Waals surface area contributed by atoms with E-state index >= 15 is 0 Å². The van der Waals surface area contributed by atoms with Gasteiger partial charge >= 0.3 is 0 Å². The molecule has 0 aliphatic rings. The topological polar surface area (TPSA) is 54.4 Å². The second-order valence-electron chi connectivity index (χ2n) is 4.28. The van der Waals surface area contributed by atoms with E-state index in [2.05, 4.69) is 0 Å². The largest absolute Gasteiger partial charge is 0.294 e. The Kier molecular flexibility index (Phi) is 3.87. The molecule has 0 aromatic heterocycles. The summed E-state index contributed by atoms with van der Waals surface area (Å²) in [5.74, 6) is -1.41. The second kappa shape index (κ2) is 5.30. The number of hydrogen-bond donors (Lipinski definition) is 1. The van der Waals surface area contributed by atoms with Crippen LogP contribution >= 0.6 is 0 Å². The van der Waals surface area contributed by atoms with Gasteiger partial charge in [0.05, 0.1) is 4.90 Å². The average Bonchev–Trinajstić information content (AvgIpc) is 2.37. The van der Waals surface area contributed by atoms with E-state index in [9.17, 15) is 17.2 Å². The van der Waals surface area contributed by atoms with Gasteiger partial charge < -0.3 is 0 Å². The highest BCUT2D eigenvalue weighted by atomic mass is 32.2. The fourth-order valence-electron chi connectivity index (χ4n) is 2.00. The normalized spacial score (nSPS) is 11.6. The zero-order valence-electron chi connectivity index (χ0n) is 10.6. The fourth-order valence-corrected chi connectivity index (χ4v) is 2.77. The molecule has 0 bridgehead atoms. The molecule has 0 amide bonds. The van der Waals surface area contributed by atoms with Crippen molar-refractivity contribution in [1.82, 2.24) is 0 Å². The maximum atomic E-state index is 13.7. The summed E-state index contributed by atoms with van der Waals surface area (Å²) in [5, 5.41) is 0. The van der Waals surface area contributed by atoms with Crippen LogP contribution in [-0.4, -0.2) is 13.0 Å². The molecule has 0 atom stereocenters. The van der Waals surface area contributed by atoms with Crippen LogP contribution in [0.3, 0.4) is 0 Å². The number of rotatable bonds is 3. The average molecular weight is 298 g/mol. The summed E-state index contributed by atoms with van der Waals surface area (Å²) in [5.41, 5.74) is 0.962. The van der Waals surface area contributed by atoms with E-state index < -0.39 is 21.8 Å². The van der Waals surface area contributed by atoms with Gasteiger partial charge in [0.1, 0.15) is 11.6 Å². The Morgan fingerprint density at radius 3 is 2.35 bits per heavy atom. The summed E-state index contributed by atoms with van der Waals surface area (Å²) in [4.78, 5) is -0.203. The number of hydrogen-bond acceptors (Lipinski definition) is 2. The molecule has 0 heterocycles. The molecule has 0 aliphatic carbocycles. The van der Waals surface area contributed by atoms with E-state index in [1.54, 1.807) is 6.92 Å². The van der Waals surface area contributed by atoms with Crippen LogP contribution in [0.2, 0.25) is 0 Å². The summed E-state index contributed by atoms with van der Waals surface area (Å²) >= 11 is 0. The fraction of sp³-hybridized carbons (Fsp3) is 0.143. The van der Waals surface area contributed by atoms with Gasteiger partial charge in [-0.25, -0.2) is 8.78 Å². The maximum absolute atomic E-state index is 13.7. The third-order valence-corrected chi connectivity index (χ3v) is 3.92. The van der Waals surface area contributed by atoms with E-state index in [0.29, 0.717) is 17.5 Å². The molecule has 0 fully saturated rings. The number of benzene rings is 2. The van der Waals surface area contributed by atoms with E-state index in [-0.39, 0.29) is 10.5 Å². The summed E-state index contributed by atoms with van der Waals surface area (Å²) < 4.78 is 58.1. The highest BCUT2D eigenvalue weighted by molar-refractivity contribution is 7.85. The first-order valence-corrected chi connectivity index (χ1v) is 7.32. The highest BCUT2D eigenvalue weighted by Gasteiger charge is 2.16. The molecule has 1 N–H and O–H groups in total. The van der Waals surface area contributed by atoms with E-state index in [1.165, 1.54) is 24.3 Å². The van der Waals surface area contributed by atoms with Gasteiger partial charge in [-0.3, -0.25) is 4.55 Å². The predicted octanol–water partition coefficient (Wildman–Crippen LogP) is 3.44. The van der Waals surface area contributed by atoms with Crippen molar-refractivity contribution < 1.29 is 21.8 Å². The van der Waals surface area contributed by atoms with Crippen LogP contribution < -0.4 is 0 Å². The summed E-state index contributed by atoms with van der Waals surface area (Å²) in [7, 11) is -4.32. The quantitative estimate of drug-likeness (QED) is 0.883. The minimum atomic E-state index is -4.32. The van der Waals surface area contributed by atoms with Crippen molar-refractivity contribution in [1.29, 1.82) is 0 Å². The van der Waals surface area contributed by atoms with Gasteiger partial charge in [-0.1, -0.05) is 13.0 Å². The third-order valence-electron chi connectivity index (χ3n) is 2.96. The molecule has 2 aromatic carbocycles. The van der Waals surface area contributed by atoms with E-state index in [1.807, 2.05) is 0 Å². The monoisotopic (exact) mass is 298 g/mol. The van der Waals surface area contributed by atoms with Crippen molar-refractivity contribution >= 4 is 10.1 Å². The molecule has 0 aliphatic heterocycles. The molecule has 106 valence electrons. The van der Waals surface area contributed by atoms with Gasteiger partial charge in [-0.2, -0.15) is 8.42 Å².